The van der Waals surface area contributed by atoms with Crippen LogP contribution in [0.4, 0.5) is 0 Å². The minimum atomic E-state index is 0.298. The van der Waals surface area contributed by atoms with Gasteiger partial charge in [-0.2, -0.15) is 0 Å². The molecule has 2 rings (SSSR count). The summed E-state index contributed by atoms with van der Waals surface area (Å²) in [5, 5.41) is 0. The Bertz CT molecular complexity index is 557. The quantitative estimate of drug-likeness (QED) is 0.437. The Morgan fingerprint density at radius 3 is 2.32 bits per heavy atom. The van der Waals surface area contributed by atoms with Crippen molar-refractivity contribution >= 4 is 0 Å². The third-order valence-corrected chi connectivity index (χ3v) is 3.55. The first-order valence-electron chi connectivity index (χ1n) is 7.86. The number of allylic oxidation sites excluding steroid dienone is 3. The molecule has 0 saturated carbocycles. The highest BCUT2D eigenvalue weighted by atomic mass is 16.5. The summed E-state index contributed by atoms with van der Waals surface area (Å²) < 4.78 is 5.68. The lowest BCUT2D eigenvalue weighted by molar-refractivity contribution is 0.119. The maximum absolute atomic E-state index is 5.68. The zero-order valence-corrected chi connectivity index (χ0v) is 13.0. The topological polar surface area (TPSA) is 9.23 Å². The van der Waals surface area contributed by atoms with Gasteiger partial charge in [-0.15, -0.1) is 6.58 Å². The van der Waals surface area contributed by atoms with E-state index >= 15 is 0 Å². The van der Waals surface area contributed by atoms with Gasteiger partial charge < -0.3 is 4.74 Å². The van der Waals surface area contributed by atoms with Crippen LogP contribution in [0.15, 0.2) is 85.5 Å². The fraction of sp³-hybridized carbons (Fsp3) is 0.238. The second-order valence-corrected chi connectivity index (χ2v) is 5.28. The van der Waals surface area contributed by atoms with E-state index in [4.69, 9.17) is 4.74 Å². The fourth-order valence-electron chi connectivity index (χ4n) is 2.31. The Hall–Kier alpha value is -2.12. The van der Waals surface area contributed by atoms with Crippen LogP contribution in [0.2, 0.25) is 0 Å². The highest BCUT2D eigenvalue weighted by molar-refractivity contribution is 5.27. The molecular formula is C21H24O. The first-order valence-corrected chi connectivity index (χ1v) is 7.86. The predicted octanol–water partition coefficient (Wildman–Crippen LogP) is 5.51. The number of benzene rings is 2. The number of unbranched alkanes of at least 4 members (excludes halogenated alkanes) is 1. The van der Waals surface area contributed by atoms with Crippen molar-refractivity contribution in [2.75, 3.05) is 6.61 Å². The minimum Gasteiger partial charge on any atom is -0.377 e. The summed E-state index contributed by atoms with van der Waals surface area (Å²) in [5.41, 5.74) is 2.52. The molecule has 0 aliphatic heterocycles. The van der Waals surface area contributed by atoms with Crippen molar-refractivity contribution in [3.05, 3.63) is 96.6 Å². The molecule has 0 unspecified atom stereocenters. The Kier molecular flexibility index (Phi) is 7.20. The molecule has 0 N–H and O–H groups in total. The van der Waals surface area contributed by atoms with Crippen LogP contribution < -0.4 is 0 Å². The van der Waals surface area contributed by atoms with Gasteiger partial charge in [-0.3, -0.25) is 0 Å². The van der Waals surface area contributed by atoms with Gasteiger partial charge in [0.25, 0.3) is 0 Å². The van der Waals surface area contributed by atoms with Crippen LogP contribution in [0.1, 0.15) is 29.9 Å². The molecule has 0 aromatic heterocycles. The van der Waals surface area contributed by atoms with Gasteiger partial charge in [-0.05, 0) is 24.0 Å². The van der Waals surface area contributed by atoms with E-state index in [1.165, 1.54) is 11.1 Å². The van der Waals surface area contributed by atoms with Crippen molar-refractivity contribution in [1.82, 2.24) is 0 Å². The summed E-state index contributed by atoms with van der Waals surface area (Å²) in [6.45, 7) is 5.42. The molecule has 114 valence electrons. The summed E-state index contributed by atoms with van der Waals surface area (Å²) in [7, 11) is 0. The van der Waals surface area contributed by atoms with Crippen molar-refractivity contribution in [2.24, 2.45) is 0 Å². The fourth-order valence-corrected chi connectivity index (χ4v) is 2.31. The van der Waals surface area contributed by atoms with Gasteiger partial charge in [0, 0.05) is 12.5 Å². The largest absolute Gasteiger partial charge is 0.377 e. The molecule has 0 amide bonds. The lowest BCUT2D eigenvalue weighted by atomic mass is 9.98. The van der Waals surface area contributed by atoms with Gasteiger partial charge in [0.15, 0.2) is 0 Å². The van der Waals surface area contributed by atoms with E-state index in [1.807, 2.05) is 30.3 Å². The van der Waals surface area contributed by atoms with Crippen molar-refractivity contribution in [3.63, 3.8) is 0 Å². The van der Waals surface area contributed by atoms with E-state index < -0.39 is 0 Å². The van der Waals surface area contributed by atoms with Gasteiger partial charge in [-0.1, -0.05) is 78.9 Å². The molecule has 0 bridgehead atoms. The first-order chi connectivity index (χ1) is 10.9. The zero-order chi connectivity index (χ0) is 15.5. The SMILES string of the molecule is C=C[C@H](/C=C/CCCOCc1ccccc1)c1ccccc1. The maximum atomic E-state index is 5.68. The summed E-state index contributed by atoms with van der Waals surface area (Å²) in [5.74, 6) is 0.298. The third kappa shape index (κ3) is 5.71. The number of hydrogen-bond acceptors (Lipinski definition) is 1. The third-order valence-electron chi connectivity index (χ3n) is 3.55. The molecule has 0 aliphatic rings. The molecular weight excluding hydrogens is 268 g/mol. The van der Waals surface area contributed by atoms with Crippen LogP contribution in [-0.4, -0.2) is 6.61 Å². The molecule has 0 spiro atoms. The van der Waals surface area contributed by atoms with Gasteiger partial charge >= 0.3 is 0 Å². The number of ether oxygens (including phenoxy) is 1. The molecule has 1 heteroatoms. The summed E-state index contributed by atoms with van der Waals surface area (Å²) in [6.07, 6.45) is 8.51. The lowest BCUT2D eigenvalue weighted by Crippen LogP contribution is -1.95. The van der Waals surface area contributed by atoms with E-state index in [2.05, 4.69) is 55.1 Å². The molecule has 0 saturated heterocycles. The van der Waals surface area contributed by atoms with E-state index in [-0.39, 0.29) is 0 Å². The van der Waals surface area contributed by atoms with Crippen LogP contribution >= 0.6 is 0 Å². The van der Waals surface area contributed by atoms with Crippen molar-refractivity contribution < 1.29 is 4.74 Å². The monoisotopic (exact) mass is 292 g/mol. The maximum Gasteiger partial charge on any atom is 0.0716 e. The molecule has 0 aliphatic carbocycles. The summed E-state index contributed by atoms with van der Waals surface area (Å²) in [6, 6.07) is 20.7. The molecule has 2 aromatic rings. The van der Waals surface area contributed by atoms with Gasteiger partial charge in [0.2, 0.25) is 0 Å². The van der Waals surface area contributed by atoms with Crippen LogP contribution in [-0.2, 0) is 11.3 Å². The van der Waals surface area contributed by atoms with Gasteiger partial charge in [-0.25, -0.2) is 0 Å². The average Bonchev–Trinajstić information content (AvgIpc) is 2.59. The van der Waals surface area contributed by atoms with Gasteiger partial charge in [0.05, 0.1) is 6.61 Å². The summed E-state index contributed by atoms with van der Waals surface area (Å²) in [4.78, 5) is 0. The van der Waals surface area contributed by atoms with Crippen LogP contribution in [0.25, 0.3) is 0 Å². The molecule has 1 atom stereocenters. The average molecular weight is 292 g/mol. The van der Waals surface area contributed by atoms with Crippen molar-refractivity contribution in [2.45, 2.75) is 25.4 Å². The van der Waals surface area contributed by atoms with E-state index in [0.29, 0.717) is 12.5 Å². The molecule has 0 radical (unpaired) electrons. The highest BCUT2D eigenvalue weighted by Gasteiger charge is 2.01. The number of hydrogen-bond donors (Lipinski definition) is 0. The van der Waals surface area contributed by atoms with Crippen LogP contribution in [0.5, 0.6) is 0 Å². The van der Waals surface area contributed by atoms with Gasteiger partial charge in [0.1, 0.15) is 0 Å². The van der Waals surface area contributed by atoms with Crippen molar-refractivity contribution in [3.8, 4) is 0 Å². The van der Waals surface area contributed by atoms with Crippen LogP contribution in [0.3, 0.4) is 0 Å². The zero-order valence-electron chi connectivity index (χ0n) is 13.0. The van der Waals surface area contributed by atoms with Crippen LogP contribution in [0, 0.1) is 0 Å². The Labute approximate surface area is 134 Å². The smallest absolute Gasteiger partial charge is 0.0716 e. The minimum absolute atomic E-state index is 0.298. The second kappa shape index (κ2) is 9.75. The summed E-state index contributed by atoms with van der Waals surface area (Å²) >= 11 is 0. The molecule has 22 heavy (non-hydrogen) atoms. The second-order valence-electron chi connectivity index (χ2n) is 5.28. The standard InChI is InChI=1S/C21H24O/c1-2-20(21-15-8-4-9-16-21)14-10-5-11-17-22-18-19-12-6-3-7-13-19/h2-4,6-10,12-16,20H,1,5,11,17-18H2/b14-10+/t20-/m1/s1. The molecule has 1 nitrogen and oxygen atoms in total. The Morgan fingerprint density at radius 1 is 0.955 bits per heavy atom. The normalized spacial score (nSPS) is 12.4. The van der Waals surface area contributed by atoms with E-state index in [0.717, 1.165) is 19.4 Å². The predicted molar refractivity (Wildman–Crippen MR) is 93.9 cm³/mol. The molecule has 2 aromatic carbocycles. The number of rotatable bonds is 9. The molecule has 0 heterocycles. The van der Waals surface area contributed by atoms with E-state index in [9.17, 15) is 0 Å². The Balaban J connectivity index is 1.64. The molecule has 0 fully saturated rings. The Morgan fingerprint density at radius 2 is 1.64 bits per heavy atom. The van der Waals surface area contributed by atoms with E-state index in [1.54, 1.807) is 0 Å². The highest BCUT2D eigenvalue weighted by Crippen LogP contribution is 2.18. The van der Waals surface area contributed by atoms with Crippen molar-refractivity contribution in [1.29, 1.82) is 0 Å². The first kappa shape index (κ1) is 16.3. The lowest BCUT2D eigenvalue weighted by Gasteiger charge is -2.07.